The van der Waals surface area contributed by atoms with Gasteiger partial charge in [0, 0.05) is 17.8 Å². The molecule has 0 fully saturated rings. The summed E-state index contributed by atoms with van der Waals surface area (Å²) in [6, 6.07) is 6.93. The van der Waals surface area contributed by atoms with Crippen molar-refractivity contribution < 1.29 is 49.3 Å². The number of nitrogens with two attached hydrogens (primary N) is 1. The summed E-state index contributed by atoms with van der Waals surface area (Å²) in [5, 5.41) is 15.6. The van der Waals surface area contributed by atoms with E-state index >= 15 is 0 Å². The number of ether oxygens (including phenoxy) is 2. The Hall–Kier alpha value is -3.72. The van der Waals surface area contributed by atoms with E-state index in [0.29, 0.717) is 11.1 Å². The number of benzene rings is 2. The maximum absolute atomic E-state index is 13.0. The van der Waals surface area contributed by atoms with Gasteiger partial charge in [0.05, 0.1) is 22.2 Å². The SMILES string of the molecule is Cc1cc(CS(N)(=O)=O)ccc1-n1cc2c(OCC(F)(F)F)c3cccnc3c(OCC(F)(F)F)c2c1O. The van der Waals surface area contributed by atoms with Crippen molar-refractivity contribution in [3.63, 3.8) is 0 Å². The van der Waals surface area contributed by atoms with Gasteiger partial charge in [-0.05, 0) is 36.2 Å². The molecule has 15 heteroatoms. The molecule has 0 aliphatic heterocycles. The number of hydrogen-bond acceptors (Lipinski definition) is 6. The summed E-state index contributed by atoms with van der Waals surface area (Å²) in [4.78, 5) is 3.98. The zero-order chi connectivity index (χ0) is 28.0. The fourth-order valence-corrected chi connectivity index (χ4v) is 4.67. The molecular formula is C23H19F6N3O5S. The first-order valence-electron chi connectivity index (χ1n) is 10.7. The molecule has 0 radical (unpaired) electrons. The molecule has 2 heterocycles. The van der Waals surface area contributed by atoms with Crippen molar-refractivity contribution in [3.8, 4) is 23.1 Å². The minimum absolute atomic E-state index is 0.0706. The predicted octanol–water partition coefficient (Wildman–Crippen LogP) is 4.86. The second-order valence-electron chi connectivity index (χ2n) is 8.40. The van der Waals surface area contributed by atoms with Crippen LogP contribution in [0.1, 0.15) is 11.1 Å². The van der Waals surface area contributed by atoms with Crippen LogP contribution in [-0.2, 0) is 15.8 Å². The number of hydrogen-bond donors (Lipinski definition) is 2. The molecule has 2 aromatic carbocycles. The standard InChI is InChI=1S/C23H19F6N3O5S/c1-12-7-13(9-38(30,34)35)4-5-16(12)32-8-15-17(21(32)33)20(37-11-23(27,28)29)18-14(3-2-6-31-18)19(15)36-10-22(24,25)26/h2-8,33H,9-11H2,1H3,(H2,30,34,35). The number of sulfonamides is 1. The zero-order valence-corrected chi connectivity index (χ0v) is 20.2. The number of halogens is 6. The van der Waals surface area contributed by atoms with E-state index in [4.69, 9.17) is 14.6 Å². The summed E-state index contributed by atoms with van der Waals surface area (Å²) in [5.74, 6) is -2.02. The fourth-order valence-electron chi connectivity index (χ4n) is 4.02. The Morgan fingerprint density at radius 1 is 1.00 bits per heavy atom. The molecule has 2 aromatic heterocycles. The van der Waals surface area contributed by atoms with Crippen LogP contribution in [0.5, 0.6) is 17.4 Å². The summed E-state index contributed by atoms with van der Waals surface area (Å²) in [6.07, 6.45) is -7.13. The Kier molecular flexibility index (Phi) is 6.86. The molecule has 0 spiro atoms. The fraction of sp³-hybridized carbons (Fsp3) is 0.261. The molecule has 8 nitrogen and oxygen atoms in total. The molecule has 204 valence electrons. The van der Waals surface area contributed by atoms with Crippen molar-refractivity contribution in [1.82, 2.24) is 9.55 Å². The summed E-state index contributed by atoms with van der Waals surface area (Å²) in [5.41, 5.74) is 0.732. The van der Waals surface area contributed by atoms with Crippen LogP contribution in [0.15, 0.2) is 42.7 Å². The number of rotatable bonds is 7. The number of pyridine rings is 1. The molecule has 0 aliphatic carbocycles. The first kappa shape index (κ1) is 27.3. The van der Waals surface area contributed by atoms with Gasteiger partial charge in [-0.2, -0.15) is 26.3 Å². The largest absolute Gasteiger partial charge is 0.494 e. The Bertz CT molecular complexity index is 1630. The highest BCUT2D eigenvalue weighted by atomic mass is 32.2. The lowest BCUT2D eigenvalue weighted by atomic mass is 10.1. The first-order chi connectivity index (χ1) is 17.5. The van der Waals surface area contributed by atoms with Gasteiger partial charge in [-0.25, -0.2) is 13.6 Å². The Morgan fingerprint density at radius 3 is 2.21 bits per heavy atom. The van der Waals surface area contributed by atoms with E-state index in [-0.39, 0.29) is 33.1 Å². The lowest BCUT2D eigenvalue weighted by Gasteiger charge is -2.16. The van der Waals surface area contributed by atoms with Crippen LogP contribution in [-0.4, -0.2) is 48.6 Å². The monoisotopic (exact) mass is 563 g/mol. The van der Waals surface area contributed by atoms with E-state index < -0.39 is 53.0 Å². The average Bonchev–Trinajstić information content (AvgIpc) is 3.10. The van der Waals surface area contributed by atoms with E-state index in [1.54, 1.807) is 6.92 Å². The molecule has 0 saturated heterocycles. The lowest BCUT2D eigenvalue weighted by Crippen LogP contribution is -2.20. The van der Waals surface area contributed by atoms with Gasteiger partial charge >= 0.3 is 12.4 Å². The van der Waals surface area contributed by atoms with Crippen LogP contribution in [0.4, 0.5) is 26.3 Å². The third-order valence-electron chi connectivity index (χ3n) is 5.37. The van der Waals surface area contributed by atoms with Crippen molar-refractivity contribution in [2.24, 2.45) is 5.14 Å². The van der Waals surface area contributed by atoms with Crippen LogP contribution < -0.4 is 14.6 Å². The van der Waals surface area contributed by atoms with E-state index in [1.807, 2.05) is 0 Å². The number of aryl methyl sites for hydroxylation is 1. The number of fused-ring (bicyclic) bond motifs is 2. The second kappa shape index (κ2) is 9.54. The van der Waals surface area contributed by atoms with Gasteiger partial charge in [0.2, 0.25) is 15.9 Å². The highest BCUT2D eigenvalue weighted by Crippen LogP contribution is 2.48. The second-order valence-corrected chi connectivity index (χ2v) is 10.0. The minimum Gasteiger partial charge on any atom is -0.494 e. The van der Waals surface area contributed by atoms with Gasteiger partial charge in [0.15, 0.2) is 19.0 Å². The smallest absolute Gasteiger partial charge is 0.422 e. The molecule has 0 bridgehead atoms. The van der Waals surface area contributed by atoms with Gasteiger partial charge < -0.3 is 14.6 Å². The van der Waals surface area contributed by atoms with Crippen LogP contribution in [0.25, 0.3) is 27.4 Å². The number of nitrogens with zero attached hydrogens (tertiary/aromatic N) is 2. The third-order valence-corrected chi connectivity index (χ3v) is 6.10. The zero-order valence-electron chi connectivity index (χ0n) is 19.4. The van der Waals surface area contributed by atoms with Crippen LogP contribution in [0, 0.1) is 6.92 Å². The third kappa shape index (κ3) is 5.88. The number of alkyl halides is 6. The summed E-state index contributed by atoms with van der Waals surface area (Å²) < 4.78 is 112. The predicted molar refractivity (Wildman–Crippen MR) is 125 cm³/mol. The van der Waals surface area contributed by atoms with Gasteiger partial charge in [0.1, 0.15) is 11.3 Å². The van der Waals surface area contributed by atoms with Crippen LogP contribution in [0.3, 0.4) is 0 Å². The number of aromatic nitrogens is 2. The van der Waals surface area contributed by atoms with Crippen molar-refractivity contribution >= 4 is 31.7 Å². The van der Waals surface area contributed by atoms with E-state index in [9.17, 15) is 39.9 Å². The molecule has 4 rings (SSSR count). The molecule has 0 atom stereocenters. The quantitative estimate of drug-likeness (QED) is 0.310. The first-order valence-corrected chi connectivity index (χ1v) is 12.4. The Balaban J connectivity index is 1.99. The summed E-state index contributed by atoms with van der Waals surface area (Å²) >= 11 is 0. The van der Waals surface area contributed by atoms with Crippen molar-refractivity contribution in [2.45, 2.75) is 25.0 Å². The van der Waals surface area contributed by atoms with Crippen LogP contribution >= 0.6 is 0 Å². The van der Waals surface area contributed by atoms with E-state index in [2.05, 4.69) is 4.98 Å². The Morgan fingerprint density at radius 2 is 1.63 bits per heavy atom. The van der Waals surface area contributed by atoms with E-state index in [0.717, 1.165) is 4.57 Å². The van der Waals surface area contributed by atoms with Gasteiger partial charge in [-0.3, -0.25) is 9.55 Å². The summed E-state index contributed by atoms with van der Waals surface area (Å²) in [6.45, 7) is -1.92. The minimum atomic E-state index is -4.77. The van der Waals surface area contributed by atoms with Crippen LogP contribution in [0.2, 0.25) is 0 Å². The number of primary sulfonamides is 1. The van der Waals surface area contributed by atoms with Gasteiger partial charge in [-0.1, -0.05) is 12.1 Å². The summed E-state index contributed by atoms with van der Waals surface area (Å²) in [7, 11) is -3.85. The van der Waals surface area contributed by atoms with Crippen molar-refractivity contribution in [1.29, 1.82) is 0 Å². The normalized spacial score (nSPS) is 12.8. The van der Waals surface area contributed by atoms with Crippen molar-refractivity contribution in [3.05, 3.63) is 53.9 Å². The van der Waals surface area contributed by atoms with Gasteiger partial charge in [-0.15, -0.1) is 0 Å². The topological polar surface area (TPSA) is 117 Å². The molecule has 3 N–H and O–H groups in total. The molecule has 38 heavy (non-hydrogen) atoms. The average molecular weight is 563 g/mol. The van der Waals surface area contributed by atoms with Gasteiger partial charge in [0.25, 0.3) is 0 Å². The lowest BCUT2D eigenvalue weighted by molar-refractivity contribution is -0.154. The molecule has 0 amide bonds. The Labute approximate surface area is 211 Å². The van der Waals surface area contributed by atoms with Crippen molar-refractivity contribution in [2.75, 3.05) is 13.2 Å². The maximum Gasteiger partial charge on any atom is 0.422 e. The molecule has 4 aromatic rings. The molecule has 0 saturated carbocycles. The highest BCUT2D eigenvalue weighted by molar-refractivity contribution is 7.88. The number of aromatic hydroxyl groups is 1. The van der Waals surface area contributed by atoms with E-state index in [1.165, 1.54) is 42.7 Å². The molecule has 0 unspecified atom stereocenters. The maximum atomic E-state index is 13.0. The molecule has 0 aliphatic rings. The highest BCUT2D eigenvalue weighted by Gasteiger charge is 2.33. The molecular weight excluding hydrogens is 544 g/mol.